The van der Waals surface area contributed by atoms with Crippen LogP contribution < -0.4 is 0 Å². The van der Waals surface area contributed by atoms with Gasteiger partial charge >= 0.3 is 0 Å². The molecular weight excluding hydrogens is 282 g/mol. The van der Waals surface area contributed by atoms with Gasteiger partial charge in [-0.2, -0.15) is 0 Å². The van der Waals surface area contributed by atoms with Crippen LogP contribution in [0, 0.1) is 6.92 Å². The maximum absolute atomic E-state index is 12.1. The topological polar surface area (TPSA) is 47.0 Å². The molecular formula is C17H23NO2S. The highest BCUT2D eigenvalue weighted by atomic mass is 32.1. The van der Waals surface area contributed by atoms with Crippen molar-refractivity contribution in [3.05, 3.63) is 51.0 Å². The minimum atomic E-state index is -0.144. The van der Waals surface area contributed by atoms with E-state index in [9.17, 15) is 9.59 Å². The molecule has 0 N–H and O–H groups in total. The number of carbonyl (C=O) groups excluding carboxylic acids is 2. The van der Waals surface area contributed by atoms with Crippen LogP contribution in [0.4, 0.5) is 0 Å². The van der Waals surface area contributed by atoms with Crippen LogP contribution in [0.3, 0.4) is 0 Å². The molecule has 0 bridgehead atoms. The van der Waals surface area contributed by atoms with E-state index < -0.39 is 0 Å². The number of nitrogens with zero attached hydrogens (tertiary/aromatic N) is 1. The number of aryl methyl sites for hydroxylation is 1. The molecule has 0 saturated heterocycles. The fraction of sp³-hybridized carbons (Fsp3) is 0.353. The standard InChI is InChI=1S/C12H7NO2S.2C2H6.CH4/c1-6-13-9-10(14)7-4-2-3-5-8(7)11(15)12(9)16-6;2*1-2;/h2-5H,1H3;2*1-2H3;1H4. The maximum atomic E-state index is 12.1. The minimum absolute atomic E-state index is 0. The van der Waals surface area contributed by atoms with E-state index >= 15 is 0 Å². The van der Waals surface area contributed by atoms with E-state index in [4.69, 9.17) is 0 Å². The first kappa shape index (κ1) is 19.2. The van der Waals surface area contributed by atoms with Gasteiger partial charge in [0.05, 0.1) is 5.01 Å². The molecule has 0 atom stereocenters. The van der Waals surface area contributed by atoms with Crippen molar-refractivity contribution in [2.24, 2.45) is 0 Å². The molecule has 0 unspecified atom stereocenters. The zero-order valence-corrected chi connectivity index (χ0v) is 13.3. The smallest absolute Gasteiger partial charge is 0.213 e. The average Bonchev–Trinajstić information content (AvgIpc) is 2.91. The van der Waals surface area contributed by atoms with Crippen LogP contribution in [0.5, 0.6) is 0 Å². The lowest BCUT2D eigenvalue weighted by Crippen LogP contribution is -2.19. The second-order valence-electron chi connectivity index (χ2n) is 3.61. The Balaban J connectivity index is 0.000000741. The molecule has 1 aliphatic rings. The number of fused-ring (bicyclic) bond motifs is 2. The normalized spacial score (nSPS) is 10.9. The second kappa shape index (κ2) is 8.47. The number of thiazole rings is 1. The van der Waals surface area contributed by atoms with Crippen molar-refractivity contribution in [3.8, 4) is 0 Å². The van der Waals surface area contributed by atoms with Crippen molar-refractivity contribution in [1.29, 1.82) is 0 Å². The van der Waals surface area contributed by atoms with Crippen molar-refractivity contribution in [2.75, 3.05) is 0 Å². The van der Waals surface area contributed by atoms with Gasteiger partial charge in [0.2, 0.25) is 11.6 Å². The summed E-state index contributed by atoms with van der Waals surface area (Å²) < 4.78 is 0. The van der Waals surface area contributed by atoms with Gasteiger partial charge in [0.1, 0.15) is 10.6 Å². The molecule has 2 aromatic rings. The van der Waals surface area contributed by atoms with Gasteiger partial charge in [-0.15, -0.1) is 11.3 Å². The fourth-order valence-electron chi connectivity index (χ4n) is 1.86. The number of ketones is 2. The molecule has 21 heavy (non-hydrogen) atoms. The Morgan fingerprint density at radius 3 is 1.90 bits per heavy atom. The van der Waals surface area contributed by atoms with Gasteiger partial charge in [-0.05, 0) is 6.92 Å². The molecule has 0 saturated carbocycles. The van der Waals surface area contributed by atoms with E-state index in [2.05, 4.69) is 4.98 Å². The third kappa shape index (κ3) is 3.45. The van der Waals surface area contributed by atoms with E-state index in [0.29, 0.717) is 21.7 Å². The summed E-state index contributed by atoms with van der Waals surface area (Å²) in [4.78, 5) is 28.7. The summed E-state index contributed by atoms with van der Waals surface area (Å²) >= 11 is 1.28. The lowest BCUT2D eigenvalue weighted by molar-refractivity contribution is 0.0979. The van der Waals surface area contributed by atoms with Crippen molar-refractivity contribution in [3.63, 3.8) is 0 Å². The van der Waals surface area contributed by atoms with E-state index in [1.165, 1.54) is 11.3 Å². The number of rotatable bonds is 0. The van der Waals surface area contributed by atoms with Crippen LogP contribution in [-0.2, 0) is 0 Å². The highest BCUT2D eigenvalue weighted by molar-refractivity contribution is 7.14. The number of aromatic nitrogens is 1. The van der Waals surface area contributed by atoms with Crippen LogP contribution >= 0.6 is 11.3 Å². The largest absolute Gasteiger partial charge is 0.288 e. The molecule has 0 amide bonds. The predicted molar refractivity (Wildman–Crippen MR) is 89.6 cm³/mol. The van der Waals surface area contributed by atoms with Gasteiger partial charge < -0.3 is 0 Å². The van der Waals surface area contributed by atoms with Crippen molar-refractivity contribution < 1.29 is 9.59 Å². The minimum Gasteiger partial charge on any atom is -0.288 e. The summed E-state index contributed by atoms with van der Waals surface area (Å²) in [5, 5.41) is 0.750. The number of hydrogen-bond donors (Lipinski definition) is 0. The highest BCUT2D eigenvalue weighted by Crippen LogP contribution is 2.30. The predicted octanol–water partition coefficient (Wildman–Crippen LogP) is 4.92. The van der Waals surface area contributed by atoms with E-state index in [1.54, 1.807) is 31.2 Å². The molecule has 0 spiro atoms. The Morgan fingerprint density at radius 2 is 1.38 bits per heavy atom. The first-order valence-electron chi connectivity index (χ1n) is 6.84. The summed E-state index contributed by atoms with van der Waals surface area (Å²) in [5.74, 6) is -0.231. The number of carbonyl (C=O) groups is 2. The first-order valence-corrected chi connectivity index (χ1v) is 7.66. The van der Waals surface area contributed by atoms with Crippen LogP contribution in [-0.4, -0.2) is 16.6 Å². The Bertz CT molecular complexity index is 577. The average molecular weight is 305 g/mol. The zero-order chi connectivity index (χ0) is 15.3. The van der Waals surface area contributed by atoms with Gasteiger partial charge in [0.15, 0.2) is 0 Å². The quantitative estimate of drug-likeness (QED) is 0.592. The van der Waals surface area contributed by atoms with E-state index in [-0.39, 0.29) is 19.0 Å². The lowest BCUT2D eigenvalue weighted by atomic mass is 9.91. The van der Waals surface area contributed by atoms with Crippen molar-refractivity contribution in [1.82, 2.24) is 4.98 Å². The molecule has 3 rings (SSSR count). The Morgan fingerprint density at radius 1 is 0.905 bits per heavy atom. The third-order valence-corrected chi connectivity index (χ3v) is 3.54. The third-order valence-electron chi connectivity index (χ3n) is 2.57. The summed E-state index contributed by atoms with van der Waals surface area (Å²) in [5.41, 5.74) is 1.26. The van der Waals surface area contributed by atoms with Gasteiger partial charge in [0.25, 0.3) is 0 Å². The van der Waals surface area contributed by atoms with Gasteiger partial charge in [-0.3, -0.25) is 9.59 Å². The maximum Gasteiger partial charge on any atom is 0.213 e. The molecule has 1 heterocycles. The molecule has 1 aromatic carbocycles. The Labute approximate surface area is 131 Å². The van der Waals surface area contributed by atoms with Gasteiger partial charge in [0, 0.05) is 11.1 Å². The zero-order valence-electron chi connectivity index (χ0n) is 12.5. The van der Waals surface area contributed by atoms with Crippen LogP contribution in [0.1, 0.15) is 71.4 Å². The Kier molecular flexibility index (Phi) is 7.74. The summed E-state index contributed by atoms with van der Waals surface area (Å²) in [7, 11) is 0. The number of benzene rings is 1. The van der Waals surface area contributed by atoms with Gasteiger partial charge in [-0.25, -0.2) is 4.98 Å². The highest BCUT2D eigenvalue weighted by Gasteiger charge is 2.32. The summed E-state index contributed by atoms with van der Waals surface area (Å²) in [6.45, 7) is 9.80. The Hall–Kier alpha value is -1.81. The second-order valence-corrected chi connectivity index (χ2v) is 4.82. The molecule has 4 heteroatoms. The van der Waals surface area contributed by atoms with E-state index in [1.807, 2.05) is 27.7 Å². The number of hydrogen-bond acceptors (Lipinski definition) is 4. The first-order chi connectivity index (χ1) is 9.68. The lowest BCUT2D eigenvalue weighted by Gasteiger charge is -2.11. The summed E-state index contributed by atoms with van der Waals surface area (Å²) in [6, 6.07) is 6.89. The fourth-order valence-corrected chi connectivity index (χ4v) is 2.73. The van der Waals surface area contributed by atoms with Crippen LogP contribution in [0.15, 0.2) is 24.3 Å². The molecule has 0 fully saturated rings. The summed E-state index contributed by atoms with van der Waals surface area (Å²) in [6.07, 6.45) is 0. The van der Waals surface area contributed by atoms with Crippen LogP contribution in [0.2, 0.25) is 0 Å². The molecule has 1 aromatic heterocycles. The molecule has 114 valence electrons. The molecule has 0 radical (unpaired) electrons. The molecule has 0 aliphatic heterocycles. The van der Waals surface area contributed by atoms with E-state index in [0.717, 1.165) is 5.01 Å². The SMILES string of the molecule is C.CC.CC.Cc1nc2c(s1)C(=O)c1ccccc1C2=O. The van der Waals surface area contributed by atoms with Gasteiger partial charge in [-0.1, -0.05) is 59.4 Å². The molecule has 3 nitrogen and oxygen atoms in total. The van der Waals surface area contributed by atoms with Crippen LogP contribution in [0.25, 0.3) is 0 Å². The van der Waals surface area contributed by atoms with Crippen molar-refractivity contribution in [2.45, 2.75) is 42.0 Å². The molecule has 1 aliphatic carbocycles. The van der Waals surface area contributed by atoms with Crippen molar-refractivity contribution >= 4 is 22.9 Å². The monoisotopic (exact) mass is 305 g/mol.